The third-order valence-corrected chi connectivity index (χ3v) is 6.38. The van der Waals surface area contributed by atoms with Crippen molar-refractivity contribution in [1.29, 1.82) is 0 Å². The Hall–Kier alpha value is -3.06. The van der Waals surface area contributed by atoms with E-state index < -0.39 is 30.1 Å². The largest absolute Gasteiger partial charge is 0.447 e. The number of carbonyl (C=O) groups excluding carboxylic acids is 2. The smallest absolute Gasteiger partial charge is 0.416 e. The first kappa shape index (κ1) is 23.1. The van der Waals surface area contributed by atoms with Crippen molar-refractivity contribution in [2.45, 2.75) is 38.3 Å². The monoisotopic (exact) mass is 455 g/mol. The van der Waals surface area contributed by atoms with Gasteiger partial charge in [0.25, 0.3) is 6.08 Å². The molecule has 5 nitrogen and oxygen atoms in total. The van der Waals surface area contributed by atoms with Crippen molar-refractivity contribution in [3.63, 3.8) is 0 Å². The van der Waals surface area contributed by atoms with Gasteiger partial charge in [-0.15, -0.1) is 0 Å². The molecule has 2 aliphatic rings. The molecule has 2 aromatic carbocycles. The molecular weight excluding hydrogens is 428 g/mol. The van der Waals surface area contributed by atoms with Gasteiger partial charge >= 0.3 is 6.09 Å². The van der Waals surface area contributed by atoms with E-state index in [1.807, 2.05) is 60.7 Å². The van der Waals surface area contributed by atoms with Gasteiger partial charge in [-0.1, -0.05) is 60.7 Å². The van der Waals surface area contributed by atoms with E-state index in [2.05, 4.69) is 0 Å². The molecule has 1 saturated carbocycles. The van der Waals surface area contributed by atoms with Crippen LogP contribution in [0.15, 0.2) is 72.3 Å². The van der Waals surface area contributed by atoms with Crippen molar-refractivity contribution in [3.05, 3.63) is 83.4 Å². The molecule has 4 rings (SSSR count). The molecule has 0 N–H and O–H groups in total. The number of cyclic esters (lactones) is 1. The fourth-order valence-corrected chi connectivity index (χ4v) is 4.65. The molecule has 0 bridgehead atoms. The van der Waals surface area contributed by atoms with Gasteiger partial charge in [-0.2, -0.15) is 8.78 Å². The third-order valence-electron chi connectivity index (χ3n) is 6.38. The van der Waals surface area contributed by atoms with Crippen molar-refractivity contribution in [2.24, 2.45) is 11.8 Å². The minimum Gasteiger partial charge on any atom is -0.447 e. The summed E-state index contributed by atoms with van der Waals surface area (Å²) in [6.45, 7) is 0.623. The number of hydrogen-bond acceptors (Lipinski definition) is 4. The van der Waals surface area contributed by atoms with Gasteiger partial charge in [-0.05, 0) is 48.3 Å². The molecule has 0 spiro atoms. The quantitative estimate of drug-likeness (QED) is 0.564. The predicted molar refractivity (Wildman–Crippen MR) is 118 cm³/mol. The van der Waals surface area contributed by atoms with Crippen LogP contribution < -0.4 is 0 Å². The van der Waals surface area contributed by atoms with E-state index in [0.29, 0.717) is 13.0 Å². The second kappa shape index (κ2) is 10.7. The number of amides is 2. The highest BCUT2D eigenvalue weighted by Crippen LogP contribution is 2.38. The number of ether oxygens (including phenoxy) is 2. The van der Waals surface area contributed by atoms with E-state index >= 15 is 0 Å². The highest BCUT2D eigenvalue weighted by atomic mass is 19.3. The summed E-state index contributed by atoms with van der Waals surface area (Å²) < 4.78 is 37.7. The van der Waals surface area contributed by atoms with E-state index in [1.165, 1.54) is 4.90 Å². The summed E-state index contributed by atoms with van der Waals surface area (Å²) in [6.07, 6.45) is -1.38. The Labute approximate surface area is 192 Å². The minimum absolute atomic E-state index is 0.0668. The van der Waals surface area contributed by atoms with Crippen LogP contribution in [0.3, 0.4) is 0 Å². The average molecular weight is 456 g/mol. The van der Waals surface area contributed by atoms with Crippen molar-refractivity contribution < 1.29 is 27.8 Å². The van der Waals surface area contributed by atoms with E-state index in [9.17, 15) is 18.4 Å². The SMILES string of the molecule is O=C1OC[C@@H](Cc2ccccc2)N1C(=O)[C@@H]1CCC(=C(F)F)C[C@H]1COCc1ccccc1. The number of rotatable bonds is 7. The summed E-state index contributed by atoms with van der Waals surface area (Å²) in [4.78, 5) is 27.2. The number of allylic oxidation sites excluding steroid dienone is 1. The summed E-state index contributed by atoms with van der Waals surface area (Å²) in [5.41, 5.74) is 2.03. The molecule has 1 saturated heterocycles. The summed E-state index contributed by atoms with van der Waals surface area (Å²) >= 11 is 0. The molecular formula is C26H27F2NO4. The van der Waals surface area contributed by atoms with Gasteiger partial charge in [0, 0.05) is 5.92 Å². The molecule has 0 aromatic heterocycles. The molecule has 2 fully saturated rings. The zero-order valence-electron chi connectivity index (χ0n) is 18.3. The molecule has 7 heteroatoms. The predicted octanol–water partition coefficient (Wildman–Crippen LogP) is 5.36. The Kier molecular flexibility index (Phi) is 7.50. The third kappa shape index (κ3) is 5.66. The minimum atomic E-state index is -1.68. The number of benzene rings is 2. The highest BCUT2D eigenvalue weighted by molar-refractivity contribution is 5.95. The average Bonchev–Trinajstić information content (AvgIpc) is 3.19. The lowest BCUT2D eigenvalue weighted by Gasteiger charge is -2.34. The van der Waals surface area contributed by atoms with E-state index in [0.717, 1.165) is 11.1 Å². The molecule has 1 aliphatic heterocycles. The Balaban J connectivity index is 1.47. The van der Waals surface area contributed by atoms with Crippen LogP contribution in [0.1, 0.15) is 30.4 Å². The van der Waals surface area contributed by atoms with Crippen LogP contribution in [0.4, 0.5) is 13.6 Å². The maximum atomic E-state index is 13.5. The molecule has 3 atom stereocenters. The highest BCUT2D eigenvalue weighted by Gasteiger charge is 2.44. The lowest BCUT2D eigenvalue weighted by Crippen LogP contribution is -2.47. The first-order valence-corrected chi connectivity index (χ1v) is 11.2. The lowest BCUT2D eigenvalue weighted by molar-refractivity contribution is -0.137. The summed E-state index contributed by atoms with van der Waals surface area (Å²) in [5, 5.41) is 0. The van der Waals surface area contributed by atoms with Crippen LogP contribution in [0, 0.1) is 11.8 Å². The second-order valence-corrected chi connectivity index (χ2v) is 8.60. The Morgan fingerprint density at radius 1 is 1.03 bits per heavy atom. The van der Waals surface area contributed by atoms with Gasteiger partial charge in [0.05, 0.1) is 19.3 Å². The van der Waals surface area contributed by atoms with Gasteiger partial charge < -0.3 is 9.47 Å². The van der Waals surface area contributed by atoms with E-state index in [1.54, 1.807) is 0 Å². The topological polar surface area (TPSA) is 55.8 Å². The molecule has 2 aromatic rings. The molecule has 1 aliphatic carbocycles. The van der Waals surface area contributed by atoms with Crippen molar-refractivity contribution >= 4 is 12.0 Å². The number of nitrogens with zero attached hydrogens (tertiary/aromatic N) is 1. The van der Waals surface area contributed by atoms with E-state index in [-0.39, 0.29) is 44.0 Å². The van der Waals surface area contributed by atoms with Crippen LogP contribution in [-0.4, -0.2) is 36.2 Å². The molecule has 1 heterocycles. The number of hydrogen-bond donors (Lipinski definition) is 0. The molecule has 33 heavy (non-hydrogen) atoms. The Bertz CT molecular complexity index is 992. The summed E-state index contributed by atoms with van der Waals surface area (Å²) in [7, 11) is 0. The van der Waals surface area contributed by atoms with Crippen LogP contribution in [0.5, 0.6) is 0 Å². The van der Waals surface area contributed by atoms with E-state index in [4.69, 9.17) is 9.47 Å². The van der Waals surface area contributed by atoms with Crippen molar-refractivity contribution in [2.75, 3.05) is 13.2 Å². The number of halogens is 2. The first-order chi connectivity index (χ1) is 16.0. The van der Waals surface area contributed by atoms with Gasteiger partial charge in [-0.25, -0.2) is 9.69 Å². The van der Waals surface area contributed by atoms with Crippen LogP contribution in [0.2, 0.25) is 0 Å². The second-order valence-electron chi connectivity index (χ2n) is 8.60. The molecule has 2 amide bonds. The fourth-order valence-electron chi connectivity index (χ4n) is 4.65. The summed E-state index contributed by atoms with van der Waals surface area (Å²) in [5.74, 6) is -1.37. The molecule has 174 valence electrons. The van der Waals surface area contributed by atoms with Crippen molar-refractivity contribution in [3.8, 4) is 0 Å². The standard InChI is InChI=1S/C26H27F2NO4/c27-24(28)20-11-12-23(21(14-20)16-32-15-19-9-5-2-6-10-19)25(30)29-22(17-33-26(29)31)13-18-7-3-1-4-8-18/h1-10,21-23H,11-17H2/t21-,22+,23+/m0/s1. The van der Waals surface area contributed by atoms with Gasteiger partial charge in [0.1, 0.15) is 6.61 Å². The summed E-state index contributed by atoms with van der Waals surface area (Å²) in [6, 6.07) is 18.7. The van der Waals surface area contributed by atoms with Gasteiger partial charge in [0.15, 0.2) is 0 Å². The molecule has 0 radical (unpaired) electrons. The van der Waals surface area contributed by atoms with Gasteiger partial charge in [0.2, 0.25) is 5.91 Å². The first-order valence-electron chi connectivity index (χ1n) is 11.2. The normalized spacial score (nSPS) is 22.8. The Morgan fingerprint density at radius 3 is 2.36 bits per heavy atom. The number of carbonyl (C=O) groups is 2. The zero-order chi connectivity index (χ0) is 23.2. The van der Waals surface area contributed by atoms with Crippen LogP contribution in [-0.2, 0) is 27.3 Å². The van der Waals surface area contributed by atoms with Crippen molar-refractivity contribution in [1.82, 2.24) is 4.90 Å². The maximum absolute atomic E-state index is 13.5. The van der Waals surface area contributed by atoms with Crippen LogP contribution >= 0.6 is 0 Å². The lowest BCUT2D eigenvalue weighted by atomic mass is 9.76. The Morgan fingerprint density at radius 2 is 1.70 bits per heavy atom. The van der Waals surface area contributed by atoms with Crippen LogP contribution in [0.25, 0.3) is 0 Å². The number of imide groups is 1. The zero-order valence-corrected chi connectivity index (χ0v) is 18.3. The fraction of sp³-hybridized carbons (Fsp3) is 0.385. The maximum Gasteiger partial charge on any atom is 0.416 e. The van der Waals surface area contributed by atoms with Gasteiger partial charge in [-0.3, -0.25) is 4.79 Å². The molecule has 0 unspecified atom stereocenters.